The number of benzene rings is 1. The molecule has 1 amide bonds. The predicted octanol–water partition coefficient (Wildman–Crippen LogP) is 6.17. The standard InChI is InChI=1S/C20H15ClN2OS2/c1-13-7-8-15-16(11-13)26-19(18(15)21)20(24)23(12-14-5-4-10-25-14)17-6-2-3-9-22-17/h2-11H,12H2,1H3. The van der Waals surface area contributed by atoms with E-state index in [1.54, 1.807) is 22.4 Å². The van der Waals surface area contributed by atoms with Gasteiger partial charge in [0.1, 0.15) is 10.7 Å². The molecule has 26 heavy (non-hydrogen) atoms. The number of amides is 1. The van der Waals surface area contributed by atoms with Crippen molar-refractivity contribution in [1.82, 2.24) is 4.98 Å². The number of carbonyl (C=O) groups is 1. The van der Waals surface area contributed by atoms with Gasteiger partial charge in [-0.3, -0.25) is 9.69 Å². The van der Waals surface area contributed by atoms with Gasteiger partial charge in [-0.15, -0.1) is 22.7 Å². The molecule has 0 N–H and O–H groups in total. The van der Waals surface area contributed by atoms with E-state index in [1.807, 2.05) is 54.8 Å². The fraction of sp³-hybridized carbons (Fsp3) is 0.100. The zero-order valence-electron chi connectivity index (χ0n) is 14.0. The van der Waals surface area contributed by atoms with E-state index in [1.165, 1.54) is 11.3 Å². The number of anilines is 1. The van der Waals surface area contributed by atoms with Gasteiger partial charge in [0.05, 0.1) is 11.6 Å². The molecule has 0 radical (unpaired) electrons. The van der Waals surface area contributed by atoms with Crippen molar-refractivity contribution in [1.29, 1.82) is 0 Å². The topological polar surface area (TPSA) is 33.2 Å². The van der Waals surface area contributed by atoms with Crippen LogP contribution in [0.4, 0.5) is 5.82 Å². The van der Waals surface area contributed by atoms with Crippen molar-refractivity contribution >= 4 is 56.1 Å². The summed E-state index contributed by atoms with van der Waals surface area (Å²) in [6, 6.07) is 15.6. The number of carbonyl (C=O) groups excluding carboxylic acids is 1. The second kappa shape index (κ2) is 7.19. The maximum Gasteiger partial charge on any atom is 0.271 e. The summed E-state index contributed by atoms with van der Waals surface area (Å²) in [6.45, 7) is 2.50. The number of hydrogen-bond acceptors (Lipinski definition) is 4. The molecule has 4 aromatic rings. The summed E-state index contributed by atoms with van der Waals surface area (Å²) in [5, 5.41) is 3.44. The second-order valence-electron chi connectivity index (χ2n) is 5.90. The number of rotatable bonds is 4. The molecule has 0 saturated carbocycles. The minimum atomic E-state index is -0.124. The fourth-order valence-corrected chi connectivity index (χ4v) is 5.01. The van der Waals surface area contributed by atoms with E-state index in [2.05, 4.69) is 11.1 Å². The smallest absolute Gasteiger partial charge is 0.271 e. The molecule has 0 unspecified atom stereocenters. The lowest BCUT2D eigenvalue weighted by Gasteiger charge is -2.20. The van der Waals surface area contributed by atoms with Crippen LogP contribution in [0.5, 0.6) is 0 Å². The number of halogens is 1. The summed E-state index contributed by atoms with van der Waals surface area (Å²) in [4.78, 5) is 21.1. The highest BCUT2D eigenvalue weighted by Gasteiger charge is 2.25. The van der Waals surface area contributed by atoms with Crippen LogP contribution in [0.2, 0.25) is 5.02 Å². The van der Waals surface area contributed by atoms with Crippen molar-refractivity contribution in [2.45, 2.75) is 13.5 Å². The number of aryl methyl sites for hydroxylation is 1. The van der Waals surface area contributed by atoms with Gasteiger partial charge in [0.15, 0.2) is 0 Å². The molecule has 3 aromatic heterocycles. The molecule has 0 spiro atoms. The highest BCUT2D eigenvalue weighted by Crippen LogP contribution is 2.37. The lowest BCUT2D eigenvalue weighted by molar-refractivity contribution is 0.0988. The molecule has 0 fully saturated rings. The lowest BCUT2D eigenvalue weighted by atomic mass is 10.2. The average molecular weight is 399 g/mol. The van der Waals surface area contributed by atoms with E-state index in [0.29, 0.717) is 22.3 Å². The van der Waals surface area contributed by atoms with E-state index in [-0.39, 0.29) is 5.91 Å². The summed E-state index contributed by atoms with van der Waals surface area (Å²) in [7, 11) is 0. The molecule has 130 valence electrons. The minimum Gasteiger partial charge on any atom is -0.287 e. The summed E-state index contributed by atoms with van der Waals surface area (Å²) in [6.07, 6.45) is 1.69. The summed E-state index contributed by atoms with van der Waals surface area (Å²) < 4.78 is 1.02. The van der Waals surface area contributed by atoms with Gasteiger partial charge in [-0.2, -0.15) is 0 Å². The van der Waals surface area contributed by atoms with Crippen LogP contribution in [0.15, 0.2) is 60.1 Å². The number of nitrogens with zero attached hydrogens (tertiary/aromatic N) is 2. The number of fused-ring (bicyclic) bond motifs is 1. The van der Waals surface area contributed by atoms with Crippen LogP contribution in [0, 0.1) is 6.92 Å². The molecule has 0 saturated heterocycles. The molecule has 3 nitrogen and oxygen atoms in total. The molecule has 0 atom stereocenters. The predicted molar refractivity (Wildman–Crippen MR) is 111 cm³/mol. The average Bonchev–Trinajstić information content (AvgIpc) is 3.28. The molecule has 0 bridgehead atoms. The fourth-order valence-electron chi connectivity index (χ4n) is 2.76. The Morgan fingerprint density at radius 1 is 1.19 bits per heavy atom. The van der Waals surface area contributed by atoms with Crippen LogP contribution < -0.4 is 4.90 Å². The first-order chi connectivity index (χ1) is 12.6. The van der Waals surface area contributed by atoms with Gasteiger partial charge in [-0.05, 0) is 42.1 Å². The van der Waals surface area contributed by atoms with E-state index >= 15 is 0 Å². The molecule has 0 aliphatic carbocycles. The summed E-state index contributed by atoms with van der Waals surface area (Å²) >= 11 is 9.62. The van der Waals surface area contributed by atoms with Crippen molar-refractivity contribution in [3.8, 4) is 0 Å². The zero-order valence-corrected chi connectivity index (χ0v) is 16.4. The number of hydrogen-bond donors (Lipinski definition) is 0. The van der Waals surface area contributed by atoms with Gasteiger partial charge in [0, 0.05) is 21.2 Å². The Labute approximate surface area is 164 Å². The van der Waals surface area contributed by atoms with Gasteiger partial charge in [0.25, 0.3) is 5.91 Å². The van der Waals surface area contributed by atoms with Crippen molar-refractivity contribution in [3.05, 3.63) is 80.4 Å². The van der Waals surface area contributed by atoms with Crippen LogP contribution in [0.25, 0.3) is 10.1 Å². The molecule has 0 aliphatic heterocycles. The highest BCUT2D eigenvalue weighted by atomic mass is 35.5. The van der Waals surface area contributed by atoms with Crippen molar-refractivity contribution in [2.75, 3.05) is 4.90 Å². The van der Waals surface area contributed by atoms with Crippen molar-refractivity contribution in [3.63, 3.8) is 0 Å². The third-order valence-electron chi connectivity index (χ3n) is 4.04. The third kappa shape index (κ3) is 3.26. The first-order valence-corrected chi connectivity index (χ1v) is 10.1. The molecule has 6 heteroatoms. The van der Waals surface area contributed by atoms with E-state index in [4.69, 9.17) is 11.6 Å². The number of thiophene rings is 2. The van der Waals surface area contributed by atoms with Gasteiger partial charge < -0.3 is 0 Å². The van der Waals surface area contributed by atoms with Crippen LogP contribution in [-0.4, -0.2) is 10.9 Å². The van der Waals surface area contributed by atoms with E-state index < -0.39 is 0 Å². The van der Waals surface area contributed by atoms with Gasteiger partial charge >= 0.3 is 0 Å². The van der Waals surface area contributed by atoms with Gasteiger partial charge in [0.2, 0.25) is 0 Å². The van der Waals surface area contributed by atoms with Gasteiger partial charge in [-0.1, -0.05) is 35.9 Å². The zero-order chi connectivity index (χ0) is 18.1. The van der Waals surface area contributed by atoms with E-state index in [9.17, 15) is 4.79 Å². The normalized spacial score (nSPS) is 11.0. The van der Waals surface area contributed by atoms with Crippen LogP contribution >= 0.6 is 34.3 Å². The van der Waals surface area contributed by atoms with Crippen LogP contribution in [-0.2, 0) is 6.54 Å². The maximum absolute atomic E-state index is 13.4. The summed E-state index contributed by atoms with van der Waals surface area (Å²) in [5.41, 5.74) is 1.15. The number of aromatic nitrogens is 1. The molecular weight excluding hydrogens is 384 g/mol. The first-order valence-electron chi connectivity index (χ1n) is 8.07. The van der Waals surface area contributed by atoms with Crippen LogP contribution in [0.3, 0.4) is 0 Å². The monoisotopic (exact) mass is 398 g/mol. The molecule has 3 heterocycles. The summed E-state index contributed by atoms with van der Waals surface area (Å²) in [5.74, 6) is 0.497. The van der Waals surface area contributed by atoms with Crippen molar-refractivity contribution in [2.24, 2.45) is 0 Å². The van der Waals surface area contributed by atoms with Gasteiger partial charge in [-0.25, -0.2) is 4.98 Å². The first kappa shape index (κ1) is 17.2. The Bertz CT molecular complexity index is 1060. The Morgan fingerprint density at radius 3 is 2.81 bits per heavy atom. The van der Waals surface area contributed by atoms with Crippen molar-refractivity contribution < 1.29 is 4.79 Å². The van der Waals surface area contributed by atoms with Crippen LogP contribution in [0.1, 0.15) is 20.1 Å². The Hall–Kier alpha value is -2.21. The Kier molecular flexibility index (Phi) is 4.76. The number of pyridine rings is 1. The molecule has 4 rings (SSSR count). The Morgan fingerprint density at radius 2 is 2.08 bits per heavy atom. The minimum absolute atomic E-state index is 0.124. The molecule has 0 aliphatic rings. The molecule has 1 aromatic carbocycles. The molecular formula is C20H15ClN2OS2. The van der Waals surface area contributed by atoms with E-state index in [0.717, 1.165) is 20.5 Å². The second-order valence-corrected chi connectivity index (χ2v) is 8.37. The quantitative estimate of drug-likeness (QED) is 0.412. The highest BCUT2D eigenvalue weighted by molar-refractivity contribution is 7.21. The SMILES string of the molecule is Cc1ccc2c(Cl)c(C(=O)N(Cc3cccs3)c3ccccn3)sc2c1. The largest absolute Gasteiger partial charge is 0.287 e. The Balaban J connectivity index is 1.78. The maximum atomic E-state index is 13.4. The third-order valence-corrected chi connectivity index (χ3v) is 6.55. The lowest BCUT2D eigenvalue weighted by Crippen LogP contribution is -2.30.